The first-order valence-electron chi connectivity index (χ1n) is 19.0. The molecule has 0 aliphatic rings. The molecular weight excluding hydrogens is 673 g/mol. The third-order valence-electron chi connectivity index (χ3n) is 11.0. The highest BCUT2D eigenvalue weighted by atomic mass is 16.3. The van der Waals surface area contributed by atoms with Crippen LogP contribution in [-0.2, 0) is 11.8 Å². The van der Waals surface area contributed by atoms with Crippen LogP contribution in [0.5, 0.6) is 0 Å². The highest BCUT2D eigenvalue weighted by Crippen LogP contribution is 2.41. The molecule has 55 heavy (non-hydrogen) atoms. The van der Waals surface area contributed by atoms with Crippen molar-refractivity contribution >= 4 is 61.6 Å². The number of aromatic nitrogens is 1. The third kappa shape index (κ3) is 5.86. The lowest BCUT2D eigenvalue weighted by atomic mass is 9.86. The molecule has 3 aromatic heterocycles. The van der Waals surface area contributed by atoms with Crippen LogP contribution < -0.4 is 5.32 Å². The predicted octanol–water partition coefficient (Wildman–Crippen LogP) is 14.3. The minimum absolute atomic E-state index is 0.0310. The maximum absolute atomic E-state index is 6.81. The number of fused-ring (bicyclic) bond motifs is 5. The van der Waals surface area contributed by atoms with Gasteiger partial charge in [0.25, 0.3) is 0 Å². The molecule has 0 aliphatic carbocycles. The van der Waals surface area contributed by atoms with Crippen molar-refractivity contribution in [1.29, 1.82) is 0 Å². The molecule has 270 valence electrons. The van der Waals surface area contributed by atoms with E-state index in [0.717, 1.165) is 72.7 Å². The van der Waals surface area contributed by atoms with Gasteiger partial charge in [-0.25, -0.2) is 0 Å². The van der Waals surface area contributed by atoms with Gasteiger partial charge in [0.15, 0.2) is 0 Å². The van der Waals surface area contributed by atoms with Gasteiger partial charge < -0.3 is 18.7 Å². The molecular formula is C51H44N2O2. The van der Waals surface area contributed by atoms with Gasteiger partial charge in [0.2, 0.25) is 0 Å². The van der Waals surface area contributed by atoms with E-state index in [1.807, 2.05) is 30.4 Å². The summed E-state index contributed by atoms with van der Waals surface area (Å²) in [5, 5.41) is 8.42. The zero-order valence-electron chi connectivity index (χ0n) is 31.8. The molecule has 0 aliphatic heterocycles. The van der Waals surface area contributed by atoms with Crippen LogP contribution in [0.4, 0.5) is 5.69 Å². The molecule has 0 bridgehead atoms. The van der Waals surface area contributed by atoms with Gasteiger partial charge in [-0.1, -0.05) is 131 Å². The first-order valence-corrected chi connectivity index (χ1v) is 19.0. The summed E-state index contributed by atoms with van der Waals surface area (Å²) in [5.41, 5.74) is 13.0. The van der Waals surface area contributed by atoms with Crippen molar-refractivity contribution in [2.45, 2.75) is 45.6 Å². The topological polar surface area (TPSA) is 43.2 Å². The molecule has 1 unspecified atom stereocenters. The third-order valence-corrected chi connectivity index (χ3v) is 11.0. The van der Waals surface area contributed by atoms with Gasteiger partial charge in [0.05, 0.1) is 17.1 Å². The first kappa shape index (κ1) is 34.3. The zero-order valence-corrected chi connectivity index (χ0v) is 31.8. The van der Waals surface area contributed by atoms with Gasteiger partial charge in [-0.3, -0.25) is 0 Å². The van der Waals surface area contributed by atoms with E-state index < -0.39 is 0 Å². The lowest BCUT2D eigenvalue weighted by molar-refractivity contribution is 0.519. The fraction of sp³-hybridized carbons (Fsp3) is 0.137. The highest BCUT2D eigenvalue weighted by Gasteiger charge is 2.23. The van der Waals surface area contributed by atoms with Crippen molar-refractivity contribution in [2.75, 3.05) is 5.32 Å². The Bertz CT molecular complexity index is 2910. The largest absolute Gasteiger partial charge is 0.460 e. The molecule has 3 heterocycles. The maximum atomic E-state index is 6.81. The second kappa shape index (κ2) is 13.4. The average Bonchev–Trinajstić information content (AvgIpc) is 3.87. The van der Waals surface area contributed by atoms with Gasteiger partial charge in [-0.15, -0.1) is 0 Å². The zero-order chi connectivity index (χ0) is 37.8. The monoisotopic (exact) mass is 716 g/mol. The molecule has 1 N–H and O–H groups in total. The van der Waals surface area contributed by atoms with Gasteiger partial charge in [0.1, 0.15) is 22.7 Å². The molecule has 0 saturated carbocycles. The van der Waals surface area contributed by atoms with Crippen molar-refractivity contribution in [1.82, 2.24) is 4.57 Å². The molecule has 4 nitrogen and oxygen atoms in total. The lowest BCUT2D eigenvalue weighted by Crippen LogP contribution is -2.10. The second-order valence-electron chi connectivity index (χ2n) is 15.5. The Labute approximate surface area is 322 Å². The number of furan rings is 2. The van der Waals surface area contributed by atoms with E-state index in [2.05, 4.69) is 166 Å². The summed E-state index contributed by atoms with van der Waals surface area (Å²) in [7, 11) is 0. The van der Waals surface area contributed by atoms with Gasteiger partial charge in [-0.2, -0.15) is 0 Å². The summed E-state index contributed by atoms with van der Waals surface area (Å²) in [6, 6.07) is 47.3. The van der Waals surface area contributed by atoms with Crippen molar-refractivity contribution < 1.29 is 8.83 Å². The number of anilines is 1. The van der Waals surface area contributed by atoms with Crippen molar-refractivity contribution in [3.05, 3.63) is 180 Å². The average molecular weight is 717 g/mol. The van der Waals surface area contributed by atoms with Crippen LogP contribution >= 0.6 is 0 Å². The number of rotatable bonds is 9. The van der Waals surface area contributed by atoms with Crippen LogP contribution in [0.1, 0.15) is 67.5 Å². The summed E-state index contributed by atoms with van der Waals surface area (Å²) < 4.78 is 15.5. The molecule has 0 amide bonds. The molecule has 6 aromatic carbocycles. The van der Waals surface area contributed by atoms with Crippen LogP contribution in [0.3, 0.4) is 0 Å². The van der Waals surface area contributed by atoms with Gasteiger partial charge >= 0.3 is 0 Å². The fourth-order valence-corrected chi connectivity index (χ4v) is 8.20. The molecule has 0 saturated heterocycles. The molecule has 0 spiro atoms. The lowest BCUT2D eigenvalue weighted by Gasteiger charge is -2.19. The standard InChI is InChI=1S/C51H44N2O2/c1-7-37-40-21-13-15-24-47(40)54-48(37)30-34-17-16-22-41-38(8-2)49(55-50(34)41)32(3)52-44-23-14-12-20-39(44)33-25-27-45-42(29-33)43-31-35(51(4,5)6)26-28-46(43)53(45)36-18-10-9-11-19-36/h7-29,31-32,52H,1-2,30H2,3-6H3. The minimum Gasteiger partial charge on any atom is -0.460 e. The van der Waals surface area contributed by atoms with Crippen LogP contribution in [0.2, 0.25) is 0 Å². The predicted molar refractivity (Wildman–Crippen MR) is 232 cm³/mol. The molecule has 9 rings (SSSR count). The Morgan fingerprint density at radius 1 is 0.673 bits per heavy atom. The summed E-state index contributed by atoms with van der Waals surface area (Å²) in [4.78, 5) is 0. The van der Waals surface area contributed by atoms with E-state index in [0.29, 0.717) is 6.42 Å². The normalized spacial score (nSPS) is 12.5. The summed E-state index contributed by atoms with van der Waals surface area (Å²) >= 11 is 0. The molecule has 0 fully saturated rings. The van der Waals surface area contributed by atoms with E-state index in [-0.39, 0.29) is 11.5 Å². The van der Waals surface area contributed by atoms with Crippen molar-refractivity contribution in [3.63, 3.8) is 0 Å². The number of benzene rings is 6. The minimum atomic E-state index is -0.151. The van der Waals surface area contributed by atoms with Crippen molar-refractivity contribution in [3.8, 4) is 16.8 Å². The summed E-state index contributed by atoms with van der Waals surface area (Å²) in [5.74, 6) is 1.72. The Kier molecular flexibility index (Phi) is 8.35. The number of hydrogen-bond acceptors (Lipinski definition) is 3. The highest BCUT2D eigenvalue weighted by molar-refractivity contribution is 6.11. The van der Waals surface area contributed by atoms with Crippen LogP contribution in [0.15, 0.2) is 155 Å². The number of hydrogen-bond donors (Lipinski definition) is 1. The number of nitrogens with one attached hydrogen (secondary N) is 1. The van der Waals surface area contributed by atoms with Crippen LogP contribution in [0.25, 0.3) is 72.7 Å². The smallest absolute Gasteiger partial charge is 0.138 e. The molecule has 0 radical (unpaired) electrons. The fourth-order valence-electron chi connectivity index (χ4n) is 8.20. The summed E-state index contributed by atoms with van der Waals surface area (Å²) in [6.45, 7) is 17.3. The van der Waals surface area contributed by atoms with Gasteiger partial charge in [0, 0.05) is 61.6 Å². The molecule has 1 atom stereocenters. The molecule has 9 aromatic rings. The van der Waals surface area contributed by atoms with E-state index >= 15 is 0 Å². The quantitative estimate of drug-likeness (QED) is 0.162. The number of nitrogens with zero attached hydrogens (tertiary/aromatic N) is 1. The maximum Gasteiger partial charge on any atom is 0.138 e. The Hall–Kier alpha value is -6.52. The molecule has 4 heteroatoms. The number of para-hydroxylation sites is 4. The van der Waals surface area contributed by atoms with E-state index in [1.165, 1.54) is 27.4 Å². The summed E-state index contributed by atoms with van der Waals surface area (Å²) in [6.07, 6.45) is 4.38. The second-order valence-corrected chi connectivity index (χ2v) is 15.5. The SMILES string of the molecule is C=Cc1c(Cc2cccc3c(C=C)c(C(C)Nc4ccccc4-c4ccc5c(c4)c4cc(C(C)(C)C)ccc4n5-c4ccccc4)oc23)oc2ccccc12. The van der Waals surface area contributed by atoms with Crippen LogP contribution in [0, 0.1) is 0 Å². The Morgan fingerprint density at radius 2 is 1.36 bits per heavy atom. The Morgan fingerprint density at radius 3 is 2.15 bits per heavy atom. The Balaban J connectivity index is 1.10. The van der Waals surface area contributed by atoms with Crippen molar-refractivity contribution in [2.24, 2.45) is 0 Å². The van der Waals surface area contributed by atoms with E-state index in [9.17, 15) is 0 Å². The van der Waals surface area contributed by atoms with Gasteiger partial charge in [-0.05, 0) is 72.0 Å². The first-order chi connectivity index (χ1) is 26.7. The van der Waals surface area contributed by atoms with Crippen LogP contribution in [-0.4, -0.2) is 4.57 Å². The van der Waals surface area contributed by atoms with E-state index in [4.69, 9.17) is 8.83 Å². The van der Waals surface area contributed by atoms with E-state index in [1.54, 1.807) is 0 Å².